The van der Waals surface area contributed by atoms with Crippen LogP contribution >= 0.6 is 23.2 Å². The number of piperidine rings is 1. The average molecular weight is 327 g/mol. The highest BCUT2D eigenvalue weighted by atomic mass is 35.5. The summed E-state index contributed by atoms with van der Waals surface area (Å²) in [6.07, 6.45) is 8.15. The van der Waals surface area contributed by atoms with Crippen LogP contribution in [-0.4, -0.2) is 24.0 Å². The summed E-state index contributed by atoms with van der Waals surface area (Å²) >= 11 is 12.2. The maximum atomic E-state index is 6.20. The second kappa shape index (κ2) is 6.87. The van der Waals surface area contributed by atoms with Crippen molar-refractivity contribution in [3.63, 3.8) is 0 Å². The molecule has 0 bridgehead atoms. The third-order valence-corrected chi connectivity index (χ3v) is 5.98. The minimum Gasteiger partial charge on any atom is -0.329 e. The monoisotopic (exact) mass is 326 g/mol. The molecule has 1 aromatic carbocycles. The van der Waals surface area contributed by atoms with Crippen LogP contribution in [0.3, 0.4) is 0 Å². The van der Waals surface area contributed by atoms with Crippen LogP contribution in [0.4, 0.5) is 0 Å². The average Bonchev–Trinajstić information content (AvgIpc) is 2.52. The Bertz CT molecular complexity index is 490. The topological polar surface area (TPSA) is 29.3 Å². The van der Waals surface area contributed by atoms with Crippen LogP contribution in [0.25, 0.3) is 0 Å². The van der Waals surface area contributed by atoms with Gasteiger partial charge in [-0.25, -0.2) is 0 Å². The first-order valence-electron chi connectivity index (χ1n) is 8.11. The van der Waals surface area contributed by atoms with Crippen LogP contribution in [0.1, 0.15) is 50.1 Å². The molecule has 2 aliphatic rings. The Kier molecular flexibility index (Phi) is 5.11. The SMILES string of the molecule is NCC(c1ccc(Cl)c(Cl)c1)N1CCCC2CCCCC21. The summed E-state index contributed by atoms with van der Waals surface area (Å²) in [5, 5.41) is 1.25. The number of nitrogens with zero attached hydrogens (tertiary/aromatic N) is 1. The number of hydrogen-bond donors (Lipinski definition) is 1. The Morgan fingerprint density at radius 1 is 1.10 bits per heavy atom. The van der Waals surface area contributed by atoms with Crippen LogP contribution < -0.4 is 5.73 Å². The summed E-state index contributed by atoms with van der Waals surface area (Å²) in [7, 11) is 0. The Hall–Kier alpha value is -0.280. The molecule has 116 valence electrons. The standard InChI is InChI=1S/C17H24Cl2N2/c18-14-8-7-13(10-15(14)19)17(11-20)21-9-3-5-12-4-1-2-6-16(12)21/h7-8,10,12,16-17H,1-6,9,11,20H2. The molecule has 0 radical (unpaired) electrons. The largest absolute Gasteiger partial charge is 0.329 e. The smallest absolute Gasteiger partial charge is 0.0595 e. The molecule has 1 aliphatic carbocycles. The Balaban J connectivity index is 1.85. The number of nitrogens with two attached hydrogens (primary N) is 1. The second-order valence-electron chi connectivity index (χ2n) is 6.42. The Labute approximate surface area is 137 Å². The van der Waals surface area contributed by atoms with Gasteiger partial charge in [0.05, 0.1) is 10.0 Å². The zero-order chi connectivity index (χ0) is 14.8. The van der Waals surface area contributed by atoms with Crippen LogP contribution in [-0.2, 0) is 0 Å². The lowest BCUT2D eigenvalue weighted by Crippen LogP contribution is -2.49. The van der Waals surface area contributed by atoms with E-state index < -0.39 is 0 Å². The van der Waals surface area contributed by atoms with Crippen molar-refractivity contribution in [1.29, 1.82) is 0 Å². The summed E-state index contributed by atoms with van der Waals surface area (Å²) in [5.41, 5.74) is 7.33. The molecule has 3 rings (SSSR count). The van der Waals surface area contributed by atoms with Crippen molar-refractivity contribution in [1.82, 2.24) is 4.90 Å². The number of halogens is 2. The predicted octanol–water partition coefficient (Wildman–Crippen LogP) is 4.65. The van der Waals surface area contributed by atoms with Crippen molar-refractivity contribution in [2.24, 2.45) is 11.7 Å². The maximum absolute atomic E-state index is 6.20. The molecule has 3 unspecified atom stereocenters. The van der Waals surface area contributed by atoms with Crippen molar-refractivity contribution >= 4 is 23.2 Å². The first-order valence-corrected chi connectivity index (χ1v) is 8.87. The molecule has 1 aliphatic heterocycles. The molecule has 1 saturated carbocycles. The van der Waals surface area contributed by atoms with Crippen LogP contribution in [0, 0.1) is 5.92 Å². The third kappa shape index (κ3) is 3.24. The van der Waals surface area contributed by atoms with E-state index in [0.29, 0.717) is 22.6 Å². The fourth-order valence-corrected chi connectivity index (χ4v) is 4.54. The highest BCUT2D eigenvalue weighted by Crippen LogP contribution is 2.39. The molecule has 1 saturated heterocycles. The van der Waals surface area contributed by atoms with E-state index in [4.69, 9.17) is 28.9 Å². The minimum atomic E-state index is 0.269. The number of benzene rings is 1. The van der Waals surface area contributed by atoms with Gasteiger partial charge in [0.2, 0.25) is 0 Å². The van der Waals surface area contributed by atoms with E-state index >= 15 is 0 Å². The Morgan fingerprint density at radius 3 is 2.62 bits per heavy atom. The van der Waals surface area contributed by atoms with E-state index in [1.165, 1.54) is 44.1 Å². The van der Waals surface area contributed by atoms with E-state index in [1.807, 2.05) is 12.1 Å². The van der Waals surface area contributed by atoms with Gasteiger partial charge in [-0.1, -0.05) is 42.1 Å². The molecule has 21 heavy (non-hydrogen) atoms. The van der Waals surface area contributed by atoms with E-state index in [-0.39, 0.29) is 6.04 Å². The van der Waals surface area contributed by atoms with Gasteiger partial charge in [0.15, 0.2) is 0 Å². The zero-order valence-corrected chi connectivity index (χ0v) is 13.9. The van der Waals surface area contributed by atoms with Crippen LogP contribution in [0.5, 0.6) is 0 Å². The Morgan fingerprint density at radius 2 is 1.86 bits per heavy atom. The van der Waals surface area contributed by atoms with Crippen molar-refractivity contribution in [2.75, 3.05) is 13.1 Å². The lowest BCUT2D eigenvalue weighted by atomic mass is 9.77. The number of rotatable bonds is 3. The summed E-state index contributed by atoms with van der Waals surface area (Å²) in [5.74, 6) is 0.865. The molecule has 3 atom stereocenters. The predicted molar refractivity (Wildman–Crippen MR) is 89.9 cm³/mol. The fraction of sp³-hybridized carbons (Fsp3) is 0.647. The van der Waals surface area contributed by atoms with Gasteiger partial charge in [0.1, 0.15) is 0 Å². The van der Waals surface area contributed by atoms with E-state index in [2.05, 4.69) is 11.0 Å². The maximum Gasteiger partial charge on any atom is 0.0595 e. The molecule has 1 aromatic rings. The minimum absolute atomic E-state index is 0.269. The van der Waals surface area contributed by atoms with Gasteiger partial charge in [-0.15, -0.1) is 0 Å². The zero-order valence-electron chi connectivity index (χ0n) is 12.4. The summed E-state index contributed by atoms with van der Waals surface area (Å²) in [6.45, 7) is 1.80. The van der Waals surface area contributed by atoms with Crippen molar-refractivity contribution in [3.05, 3.63) is 33.8 Å². The third-order valence-electron chi connectivity index (χ3n) is 5.24. The lowest BCUT2D eigenvalue weighted by molar-refractivity contribution is 0.0276. The van der Waals surface area contributed by atoms with E-state index in [9.17, 15) is 0 Å². The molecule has 0 aromatic heterocycles. The van der Waals surface area contributed by atoms with E-state index in [0.717, 1.165) is 12.5 Å². The fourth-order valence-electron chi connectivity index (χ4n) is 4.23. The lowest BCUT2D eigenvalue weighted by Gasteiger charge is -2.47. The molecular formula is C17H24Cl2N2. The van der Waals surface area contributed by atoms with Crippen LogP contribution in [0.15, 0.2) is 18.2 Å². The summed E-state index contributed by atoms with van der Waals surface area (Å²) in [4.78, 5) is 2.65. The molecule has 0 spiro atoms. The van der Waals surface area contributed by atoms with Gasteiger partial charge >= 0.3 is 0 Å². The molecule has 2 N–H and O–H groups in total. The van der Waals surface area contributed by atoms with Crippen molar-refractivity contribution in [2.45, 2.75) is 50.6 Å². The van der Waals surface area contributed by atoms with Gasteiger partial charge in [-0.2, -0.15) is 0 Å². The van der Waals surface area contributed by atoms with Gasteiger partial charge in [0.25, 0.3) is 0 Å². The quantitative estimate of drug-likeness (QED) is 0.876. The molecule has 1 heterocycles. The van der Waals surface area contributed by atoms with Gasteiger partial charge in [-0.05, 0) is 55.8 Å². The molecular weight excluding hydrogens is 303 g/mol. The van der Waals surface area contributed by atoms with Crippen molar-refractivity contribution in [3.8, 4) is 0 Å². The molecule has 2 nitrogen and oxygen atoms in total. The first kappa shape index (κ1) is 15.6. The summed E-state index contributed by atoms with van der Waals surface area (Å²) in [6, 6.07) is 6.94. The number of likely N-dealkylation sites (tertiary alicyclic amines) is 1. The first-order chi connectivity index (χ1) is 10.2. The molecule has 0 amide bonds. The molecule has 2 fully saturated rings. The summed E-state index contributed by atoms with van der Waals surface area (Å²) < 4.78 is 0. The highest BCUT2D eigenvalue weighted by Gasteiger charge is 2.36. The number of hydrogen-bond acceptors (Lipinski definition) is 2. The molecule has 4 heteroatoms. The van der Waals surface area contributed by atoms with Gasteiger partial charge in [-0.3, -0.25) is 4.90 Å². The van der Waals surface area contributed by atoms with Crippen molar-refractivity contribution < 1.29 is 0 Å². The van der Waals surface area contributed by atoms with Crippen LogP contribution in [0.2, 0.25) is 10.0 Å². The van der Waals surface area contributed by atoms with Gasteiger partial charge in [0, 0.05) is 18.6 Å². The van der Waals surface area contributed by atoms with E-state index in [1.54, 1.807) is 0 Å². The number of fused-ring (bicyclic) bond motifs is 1. The highest BCUT2D eigenvalue weighted by molar-refractivity contribution is 6.42. The normalized spacial score (nSPS) is 28.1. The van der Waals surface area contributed by atoms with Gasteiger partial charge < -0.3 is 5.73 Å². The second-order valence-corrected chi connectivity index (χ2v) is 7.23.